The molecule has 0 bridgehead atoms. The molecule has 244 valence electrons. The number of hydrogen-bond acceptors (Lipinski definition) is 4. The summed E-state index contributed by atoms with van der Waals surface area (Å²) in [6, 6.07) is 21.5. The van der Waals surface area contributed by atoms with E-state index in [1.54, 1.807) is 5.57 Å². The number of piperidine rings is 2. The summed E-state index contributed by atoms with van der Waals surface area (Å²) in [6.45, 7) is 7.03. The second-order valence-electron chi connectivity index (χ2n) is 14.2. The summed E-state index contributed by atoms with van der Waals surface area (Å²) in [4.78, 5) is 14.5. The van der Waals surface area contributed by atoms with Gasteiger partial charge in [-0.05, 0) is 161 Å². The van der Waals surface area contributed by atoms with Crippen molar-refractivity contribution >= 4 is 28.8 Å². The highest BCUT2D eigenvalue weighted by Gasteiger charge is 2.43. The standard InChI is InChI=1S/C21H25ClN2.C20H21ClN2/c1-21(17-9-12-24(2)13-10-17)19-8-7-18(22)14-16(19)6-5-15-4-3-11-23-20(15)21;1-23-11-8-14(9-12-23)19-18-7-6-17(21)13-16(18)5-4-15-3-2-10-22-20(15)19/h3-4,7-8,11,14,17H,5-6,9-10,12-13H2,1-2H3;2-3,6-7,10,13H,4-5,8-9,11-12H2,1H3. The summed E-state index contributed by atoms with van der Waals surface area (Å²) in [5.74, 6) is 0.625. The SMILES string of the molecule is CN1CCC(=C2c3ccc(Cl)cc3CCc3cccnc32)CC1.CN1CCC(C2(C)c3ccc(Cl)cc3CCc3cccnc32)CC1. The minimum absolute atomic E-state index is 0.0196. The highest BCUT2D eigenvalue weighted by atomic mass is 35.5. The Morgan fingerprint density at radius 3 is 2.02 bits per heavy atom. The molecule has 0 spiro atoms. The van der Waals surface area contributed by atoms with Crippen molar-refractivity contribution in [1.82, 2.24) is 19.8 Å². The van der Waals surface area contributed by atoms with E-state index in [1.807, 2.05) is 18.5 Å². The Morgan fingerprint density at radius 2 is 1.26 bits per heavy atom. The van der Waals surface area contributed by atoms with E-state index >= 15 is 0 Å². The lowest BCUT2D eigenvalue weighted by molar-refractivity contribution is 0.170. The number of aryl methyl sites for hydroxylation is 4. The average molecular weight is 666 g/mol. The molecule has 2 aromatic carbocycles. The first-order chi connectivity index (χ1) is 22.8. The lowest BCUT2D eigenvalue weighted by Crippen LogP contribution is -2.42. The van der Waals surface area contributed by atoms with Crippen molar-refractivity contribution in [3.8, 4) is 0 Å². The number of halogens is 2. The first-order valence-corrected chi connectivity index (χ1v) is 18.1. The number of benzene rings is 2. The summed E-state index contributed by atoms with van der Waals surface area (Å²) in [5, 5.41) is 1.67. The number of pyridine rings is 2. The van der Waals surface area contributed by atoms with Gasteiger partial charge >= 0.3 is 0 Å². The smallest absolute Gasteiger partial charge is 0.0739 e. The zero-order valence-corrected chi connectivity index (χ0v) is 29.5. The molecule has 0 radical (unpaired) electrons. The Bertz CT molecular complexity index is 1780. The van der Waals surface area contributed by atoms with Gasteiger partial charge in [0, 0.05) is 46.5 Å². The van der Waals surface area contributed by atoms with Crippen LogP contribution < -0.4 is 0 Å². The summed E-state index contributed by atoms with van der Waals surface area (Å²) < 4.78 is 0. The number of hydrogen-bond donors (Lipinski definition) is 0. The predicted octanol–water partition coefficient (Wildman–Crippen LogP) is 8.84. The van der Waals surface area contributed by atoms with Crippen molar-refractivity contribution < 1.29 is 0 Å². The van der Waals surface area contributed by atoms with Crippen LogP contribution in [0.25, 0.3) is 5.57 Å². The first-order valence-electron chi connectivity index (χ1n) is 17.4. The molecule has 2 aliphatic carbocycles. The maximum Gasteiger partial charge on any atom is 0.0739 e. The first kappa shape index (κ1) is 32.5. The van der Waals surface area contributed by atoms with Crippen molar-refractivity contribution in [2.24, 2.45) is 5.92 Å². The number of aromatic nitrogens is 2. The quantitative estimate of drug-likeness (QED) is 0.203. The molecule has 4 aliphatic rings. The third-order valence-corrected chi connectivity index (χ3v) is 11.8. The van der Waals surface area contributed by atoms with Gasteiger partial charge in [0.05, 0.1) is 11.4 Å². The van der Waals surface area contributed by atoms with Crippen LogP contribution >= 0.6 is 23.2 Å². The molecule has 2 aromatic heterocycles. The van der Waals surface area contributed by atoms with Crippen molar-refractivity contribution in [3.63, 3.8) is 0 Å². The summed E-state index contributed by atoms with van der Waals surface area (Å²) in [7, 11) is 4.43. The average Bonchev–Trinajstić information content (AvgIpc) is 3.32. The molecular weight excluding hydrogens is 619 g/mol. The number of rotatable bonds is 1. The second kappa shape index (κ2) is 13.8. The Hall–Kier alpha value is -3.02. The zero-order chi connectivity index (χ0) is 32.5. The monoisotopic (exact) mass is 664 g/mol. The minimum Gasteiger partial charge on any atom is -0.306 e. The van der Waals surface area contributed by atoms with Crippen LogP contribution in [-0.4, -0.2) is 60.0 Å². The van der Waals surface area contributed by atoms with E-state index in [9.17, 15) is 0 Å². The van der Waals surface area contributed by atoms with Crippen molar-refractivity contribution in [2.45, 2.75) is 63.7 Å². The highest BCUT2D eigenvalue weighted by Crippen LogP contribution is 2.47. The Morgan fingerprint density at radius 1 is 0.660 bits per heavy atom. The molecule has 1 unspecified atom stereocenters. The highest BCUT2D eigenvalue weighted by molar-refractivity contribution is 6.31. The van der Waals surface area contributed by atoms with Gasteiger partial charge < -0.3 is 9.80 Å². The fourth-order valence-corrected chi connectivity index (χ4v) is 8.94. The molecule has 8 rings (SSSR count). The maximum absolute atomic E-state index is 6.32. The molecule has 0 N–H and O–H groups in total. The van der Waals surface area contributed by atoms with Gasteiger partial charge in [0.2, 0.25) is 0 Å². The molecule has 4 nitrogen and oxygen atoms in total. The Kier molecular flexibility index (Phi) is 9.58. The van der Waals surface area contributed by atoms with Gasteiger partial charge in [0.25, 0.3) is 0 Å². The predicted molar refractivity (Wildman–Crippen MR) is 196 cm³/mol. The Balaban J connectivity index is 0.000000150. The van der Waals surface area contributed by atoms with Gasteiger partial charge in [0.1, 0.15) is 0 Å². The van der Waals surface area contributed by atoms with Crippen LogP contribution in [-0.2, 0) is 31.1 Å². The molecule has 47 heavy (non-hydrogen) atoms. The van der Waals surface area contributed by atoms with Gasteiger partial charge in [-0.1, -0.05) is 53.0 Å². The van der Waals surface area contributed by atoms with Crippen molar-refractivity contribution in [3.05, 3.63) is 133 Å². The number of fused-ring (bicyclic) bond motifs is 4. The van der Waals surface area contributed by atoms with E-state index in [1.165, 1.54) is 76.3 Å². The molecule has 1 atom stereocenters. The van der Waals surface area contributed by atoms with Gasteiger partial charge in [-0.25, -0.2) is 0 Å². The molecule has 2 fully saturated rings. The van der Waals surface area contributed by atoms with Gasteiger partial charge in [-0.3, -0.25) is 9.97 Å². The van der Waals surface area contributed by atoms with E-state index in [0.29, 0.717) is 5.92 Å². The van der Waals surface area contributed by atoms with E-state index in [-0.39, 0.29) is 5.41 Å². The van der Waals surface area contributed by atoms with E-state index in [4.69, 9.17) is 33.2 Å². The molecule has 4 heterocycles. The van der Waals surface area contributed by atoms with Crippen LogP contribution in [0.15, 0.2) is 78.6 Å². The minimum atomic E-state index is -0.0196. The van der Waals surface area contributed by atoms with Gasteiger partial charge in [-0.15, -0.1) is 0 Å². The summed E-state index contributed by atoms with van der Waals surface area (Å²) >= 11 is 12.6. The van der Waals surface area contributed by atoms with E-state index < -0.39 is 0 Å². The molecule has 0 saturated carbocycles. The van der Waals surface area contributed by atoms with Crippen LogP contribution in [0.2, 0.25) is 10.0 Å². The van der Waals surface area contributed by atoms with Gasteiger partial charge in [0.15, 0.2) is 0 Å². The topological polar surface area (TPSA) is 32.3 Å². The number of likely N-dealkylation sites (tertiary alicyclic amines) is 2. The van der Waals surface area contributed by atoms with Crippen LogP contribution in [0.1, 0.15) is 77.4 Å². The Labute approximate surface area is 290 Å². The lowest BCUT2D eigenvalue weighted by atomic mass is 9.64. The maximum atomic E-state index is 6.32. The van der Waals surface area contributed by atoms with Gasteiger partial charge in [-0.2, -0.15) is 0 Å². The lowest BCUT2D eigenvalue weighted by Gasteiger charge is -2.43. The van der Waals surface area contributed by atoms with E-state index in [0.717, 1.165) is 61.7 Å². The number of nitrogens with zero attached hydrogens (tertiary/aromatic N) is 4. The molecule has 4 aromatic rings. The zero-order valence-electron chi connectivity index (χ0n) is 28.0. The fraction of sp³-hybridized carbons (Fsp3) is 0.415. The van der Waals surface area contributed by atoms with Crippen LogP contribution in [0.3, 0.4) is 0 Å². The molecule has 6 heteroatoms. The summed E-state index contributed by atoms with van der Waals surface area (Å²) in [5.41, 5.74) is 13.7. The fourth-order valence-electron chi connectivity index (χ4n) is 8.55. The molecule has 2 aliphatic heterocycles. The van der Waals surface area contributed by atoms with Crippen LogP contribution in [0, 0.1) is 5.92 Å². The van der Waals surface area contributed by atoms with E-state index in [2.05, 4.69) is 85.4 Å². The second-order valence-corrected chi connectivity index (χ2v) is 15.1. The molecule has 0 amide bonds. The van der Waals surface area contributed by atoms with Crippen molar-refractivity contribution in [1.29, 1.82) is 0 Å². The molecular formula is C41H46Cl2N4. The molecule has 2 saturated heterocycles. The third kappa shape index (κ3) is 6.55. The van der Waals surface area contributed by atoms with Crippen LogP contribution in [0.5, 0.6) is 0 Å². The largest absolute Gasteiger partial charge is 0.306 e. The third-order valence-electron chi connectivity index (χ3n) is 11.3. The normalized spacial score (nSPS) is 21.7. The van der Waals surface area contributed by atoms with Crippen LogP contribution in [0.4, 0.5) is 0 Å². The summed E-state index contributed by atoms with van der Waals surface area (Å²) in [6.07, 6.45) is 12.8. The van der Waals surface area contributed by atoms with Crippen molar-refractivity contribution in [2.75, 3.05) is 40.3 Å².